The Hall–Kier alpha value is -1.89. The van der Waals surface area contributed by atoms with Gasteiger partial charge in [0.1, 0.15) is 0 Å². The second-order valence-corrected chi connectivity index (χ2v) is 4.82. The summed E-state index contributed by atoms with van der Waals surface area (Å²) in [6.07, 6.45) is 3.76. The molecule has 0 saturated carbocycles. The Morgan fingerprint density at radius 2 is 2.17 bits per heavy atom. The van der Waals surface area contributed by atoms with Crippen LogP contribution >= 0.6 is 15.9 Å². The van der Waals surface area contributed by atoms with Gasteiger partial charge in [0, 0.05) is 13.0 Å². The minimum atomic E-state index is -0.392. The van der Waals surface area contributed by atoms with Crippen molar-refractivity contribution in [3.05, 3.63) is 29.0 Å². The molecule has 1 N–H and O–H groups in total. The van der Waals surface area contributed by atoms with E-state index in [2.05, 4.69) is 26.3 Å². The lowest BCUT2D eigenvalue weighted by Gasteiger charge is -2.26. The maximum Gasteiger partial charge on any atom is 0.328 e. The average molecular weight is 309 g/mol. The molecular weight excluding hydrogens is 300 g/mol. The maximum atomic E-state index is 11.7. The minimum absolute atomic E-state index is 0.237. The van der Waals surface area contributed by atoms with E-state index in [0.717, 1.165) is 9.99 Å². The van der Waals surface area contributed by atoms with E-state index >= 15 is 0 Å². The molecule has 7 heteroatoms. The Morgan fingerprint density at radius 3 is 2.94 bits per heavy atom. The van der Waals surface area contributed by atoms with Crippen molar-refractivity contribution in [2.45, 2.75) is 6.42 Å². The van der Waals surface area contributed by atoms with Crippen molar-refractivity contribution >= 4 is 39.1 Å². The molecule has 2 aromatic heterocycles. The smallest absolute Gasteiger partial charge is 0.292 e. The number of urea groups is 1. The van der Waals surface area contributed by atoms with E-state index in [-0.39, 0.29) is 5.91 Å². The van der Waals surface area contributed by atoms with Crippen molar-refractivity contribution in [3.8, 4) is 0 Å². The SMILES string of the molecule is O=C1CCN(c2ccc3c(Br)cnn3c2)C(=O)N1. The molecule has 1 aliphatic heterocycles. The number of amides is 3. The first-order valence-electron chi connectivity index (χ1n) is 5.39. The van der Waals surface area contributed by atoms with Gasteiger partial charge >= 0.3 is 6.03 Å². The van der Waals surface area contributed by atoms with Crippen LogP contribution in [0.3, 0.4) is 0 Å². The van der Waals surface area contributed by atoms with Crippen LogP contribution in [0.15, 0.2) is 29.0 Å². The summed E-state index contributed by atoms with van der Waals surface area (Å²) in [6, 6.07) is 3.31. The van der Waals surface area contributed by atoms with Crippen LogP contribution in [0.25, 0.3) is 5.52 Å². The van der Waals surface area contributed by atoms with Crippen LogP contribution in [0.4, 0.5) is 10.5 Å². The molecule has 3 amide bonds. The third-order valence-corrected chi connectivity index (χ3v) is 3.43. The highest BCUT2D eigenvalue weighted by molar-refractivity contribution is 9.10. The van der Waals surface area contributed by atoms with Crippen molar-refractivity contribution in [3.63, 3.8) is 0 Å². The fraction of sp³-hybridized carbons (Fsp3) is 0.182. The molecule has 6 nitrogen and oxygen atoms in total. The summed E-state index contributed by atoms with van der Waals surface area (Å²) >= 11 is 3.39. The quantitative estimate of drug-likeness (QED) is 0.869. The topological polar surface area (TPSA) is 66.7 Å². The predicted octanol–water partition coefficient (Wildman–Crippen LogP) is 1.54. The molecule has 3 rings (SSSR count). The van der Waals surface area contributed by atoms with E-state index in [9.17, 15) is 9.59 Å². The van der Waals surface area contributed by atoms with Crippen LogP contribution < -0.4 is 10.2 Å². The van der Waals surface area contributed by atoms with Crippen molar-refractivity contribution in [1.82, 2.24) is 14.9 Å². The van der Waals surface area contributed by atoms with Gasteiger partial charge in [-0.05, 0) is 28.1 Å². The van der Waals surface area contributed by atoms with Crippen LogP contribution in [0.2, 0.25) is 0 Å². The first-order valence-corrected chi connectivity index (χ1v) is 6.19. The molecule has 0 unspecified atom stereocenters. The molecule has 2 aromatic rings. The van der Waals surface area contributed by atoms with E-state index in [1.165, 1.54) is 4.90 Å². The number of halogens is 1. The van der Waals surface area contributed by atoms with Crippen LogP contribution in [0.1, 0.15) is 6.42 Å². The average Bonchev–Trinajstić information content (AvgIpc) is 2.71. The van der Waals surface area contributed by atoms with Gasteiger partial charge in [0.25, 0.3) is 0 Å². The summed E-state index contributed by atoms with van der Waals surface area (Å²) in [5.41, 5.74) is 1.63. The highest BCUT2D eigenvalue weighted by Gasteiger charge is 2.24. The van der Waals surface area contributed by atoms with Crippen LogP contribution in [-0.2, 0) is 4.79 Å². The summed E-state index contributed by atoms with van der Waals surface area (Å²) in [7, 11) is 0. The summed E-state index contributed by atoms with van der Waals surface area (Å²) < 4.78 is 2.58. The normalized spacial score (nSPS) is 16.2. The van der Waals surface area contributed by atoms with Gasteiger partial charge in [-0.25, -0.2) is 9.31 Å². The molecule has 0 spiro atoms. The minimum Gasteiger partial charge on any atom is -0.292 e. The molecule has 92 valence electrons. The number of hydrogen-bond donors (Lipinski definition) is 1. The molecule has 3 heterocycles. The van der Waals surface area contributed by atoms with E-state index in [0.29, 0.717) is 18.7 Å². The predicted molar refractivity (Wildman–Crippen MR) is 68.4 cm³/mol. The second-order valence-electron chi connectivity index (χ2n) is 3.96. The third kappa shape index (κ3) is 1.76. The number of hydrogen-bond acceptors (Lipinski definition) is 3. The molecule has 1 fully saturated rings. The summed E-state index contributed by atoms with van der Waals surface area (Å²) in [5.74, 6) is -0.237. The summed E-state index contributed by atoms with van der Waals surface area (Å²) in [4.78, 5) is 24.3. The van der Waals surface area contributed by atoms with Crippen LogP contribution in [0, 0.1) is 0 Å². The highest BCUT2D eigenvalue weighted by Crippen LogP contribution is 2.22. The fourth-order valence-corrected chi connectivity index (χ4v) is 2.32. The van der Waals surface area contributed by atoms with Crippen LogP contribution in [0.5, 0.6) is 0 Å². The molecule has 1 saturated heterocycles. The van der Waals surface area contributed by atoms with E-state index in [1.54, 1.807) is 16.9 Å². The third-order valence-electron chi connectivity index (χ3n) is 2.82. The first-order chi connectivity index (χ1) is 8.65. The number of aromatic nitrogens is 2. The Kier molecular flexibility index (Phi) is 2.55. The van der Waals surface area contributed by atoms with Gasteiger partial charge in [0.2, 0.25) is 5.91 Å². The van der Waals surface area contributed by atoms with E-state index < -0.39 is 6.03 Å². The van der Waals surface area contributed by atoms with Crippen molar-refractivity contribution in [2.24, 2.45) is 0 Å². The van der Waals surface area contributed by atoms with Crippen molar-refractivity contribution in [1.29, 1.82) is 0 Å². The molecule has 0 atom stereocenters. The number of imide groups is 1. The lowest BCUT2D eigenvalue weighted by molar-refractivity contribution is -0.120. The Balaban J connectivity index is 1.99. The highest BCUT2D eigenvalue weighted by atomic mass is 79.9. The molecule has 18 heavy (non-hydrogen) atoms. The van der Waals surface area contributed by atoms with Gasteiger partial charge < -0.3 is 0 Å². The number of carbonyl (C=O) groups is 2. The first kappa shape index (κ1) is 11.2. The molecule has 0 radical (unpaired) electrons. The molecule has 0 aromatic carbocycles. The lowest BCUT2D eigenvalue weighted by atomic mass is 10.2. The number of nitrogens with zero attached hydrogens (tertiary/aromatic N) is 3. The molecule has 0 bridgehead atoms. The number of pyridine rings is 1. The second kappa shape index (κ2) is 4.09. The van der Waals surface area contributed by atoms with Crippen molar-refractivity contribution < 1.29 is 9.59 Å². The lowest BCUT2D eigenvalue weighted by Crippen LogP contribution is -2.49. The largest absolute Gasteiger partial charge is 0.328 e. The standard InChI is InChI=1S/C11H9BrN4O2/c12-8-5-13-16-6-7(1-2-9(8)16)15-4-3-10(17)14-11(15)18/h1-2,5-6H,3-4H2,(H,14,17,18). The van der Waals surface area contributed by atoms with Gasteiger partial charge in [-0.1, -0.05) is 0 Å². The van der Waals surface area contributed by atoms with Gasteiger partial charge in [-0.15, -0.1) is 0 Å². The Labute approximate surface area is 111 Å². The molecular formula is C11H9BrN4O2. The van der Waals surface area contributed by atoms with Crippen LogP contribution in [-0.4, -0.2) is 28.1 Å². The maximum absolute atomic E-state index is 11.7. The Morgan fingerprint density at radius 1 is 1.33 bits per heavy atom. The number of anilines is 1. The van der Waals surface area contributed by atoms with Gasteiger partial charge in [0.15, 0.2) is 0 Å². The van der Waals surface area contributed by atoms with E-state index in [1.807, 2.05) is 12.1 Å². The van der Waals surface area contributed by atoms with E-state index in [4.69, 9.17) is 0 Å². The number of fused-ring (bicyclic) bond motifs is 1. The van der Waals surface area contributed by atoms with Gasteiger partial charge in [-0.2, -0.15) is 5.10 Å². The Bertz CT molecular complexity index is 652. The summed E-state index contributed by atoms with van der Waals surface area (Å²) in [5, 5.41) is 6.45. The molecule has 0 aliphatic carbocycles. The zero-order chi connectivity index (χ0) is 12.7. The number of nitrogens with one attached hydrogen (secondary N) is 1. The number of rotatable bonds is 1. The number of carbonyl (C=O) groups excluding carboxylic acids is 2. The summed E-state index contributed by atoms with van der Waals surface area (Å²) in [6.45, 7) is 0.388. The molecule has 1 aliphatic rings. The fourth-order valence-electron chi connectivity index (χ4n) is 1.91. The van der Waals surface area contributed by atoms with Crippen molar-refractivity contribution in [2.75, 3.05) is 11.4 Å². The zero-order valence-electron chi connectivity index (χ0n) is 9.26. The van der Waals surface area contributed by atoms with Gasteiger partial charge in [0.05, 0.1) is 28.1 Å². The zero-order valence-corrected chi connectivity index (χ0v) is 10.8. The monoisotopic (exact) mass is 308 g/mol. The van der Waals surface area contributed by atoms with Gasteiger partial charge in [-0.3, -0.25) is 15.0 Å².